The van der Waals surface area contributed by atoms with E-state index in [2.05, 4.69) is 20.8 Å². The third-order valence-corrected chi connectivity index (χ3v) is 5.03. The van der Waals surface area contributed by atoms with Crippen LogP contribution in [0, 0.1) is 20.8 Å². The molecule has 9 heteroatoms. The number of hydrogen-bond donors (Lipinski definition) is 1. The number of esters is 1. The van der Waals surface area contributed by atoms with Crippen LogP contribution in [-0.4, -0.2) is 44.4 Å². The number of para-hydroxylation sites is 1. The van der Waals surface area contributed by atoms with E-state index in [0.717, 1.165) is 34.1 Å². The Hall–Kier alpha value is -3.20. The number of nitrogens with zero attached hydrogens (tertiary/aromatic N) is 4. The summed E-state index contributed by atoms with van der Waals surface area (Å²) in [5, 5.41) is 14.9. The number of ether oxygens (including phenoxy) is 1. The Labute approximate surface area is 172 Å². The molecule has 1 amide bonds. The molecule has 3 aromatic rings. The molecule has 8 nitrogen and oxygen atoms in total. The molecule has 2 aromatic carbocycles. The summed E-state index contributed by atoms with van der Waals surface area (Å²) in [6.45, 7) is 5.49. The van der Waals surface area contributed by atoms with Gasteiger partial charge in [-0.25, -0.2) is 0 Å². The SMILES string of the molecule is Cc1ccc(C)c(-n2nnnc2SCC(=O)OCC(=O)Nc2ccccc2C)c1. The summed E-state index contributed by atoms with van der Waals surface area (Å²) in [6, 6.07) is 13.4. The minimum atomic E-state index is -0.523. The van der Waals surface area contributed by atoms with E-state index >= 15 is 0 Å². The second-order valence-corrected chi connectivity index (χ2v) is 7.42. The second-order valence-electron chi connectivity index (χ2n) is 6.48. The number of carbonyl (C=O) groups excluding carboxylic acids is 2. The van der Waals surface area contributed by atoms with Crippen LogP contribution in [0.25, 0.3) is 5.69 Å². The first kappa shape index (κ1) is 20.5. The molecule has 0 spiro atoms. The average Bonchev–Trinajstić information content (AvgIpc) is 3.17. The summed E-state index contributed by atoms with van der Waals surface area (Å²) in [4.78, 5) is 24.0. The molecule has 0 unspecified atom stereocenters. The van der Waals surface area contributed by atoms with Crippen molar-refractivity contribution in [3.63, 3.8) is 0 Å². The van der Waals surface area contributed by atoms with Gasteiger partial charge in [0.15, 0.2) is 6.61 Å². The van der Waals surface area contributed by atoms with Gasteiger partial charge >= 0.3 is 5.97 Å². The number of thioether (sulfide) groups is 1. The fourth-order valence-electron chi connectivity index (χ4n) is 2.58. The van der Waals surface area contributed by atoms with E-state index in [1.165, 1.54) is 0 Å². The molecular weight excluding hydrogens is 390 g/mol. The van der Waals surface area contributed by atoms with Gasteiger partial charge in [0.05, 0.1) is 11.4 Å². The lowest BCUT2D eigenvalue weighted by atomic mass is 10.1. The number of nitrogens with one attached hydrogen (secondary N) is 1. The lowest BCUT2D eigenvalue weighted by Crippen LogP contribution is -2.22. The average molecular weight is 411 g/mol. The van der Waals surface area contributed by atoms with Crippen LogP contribution >= 0.6 is 11.8 Å². The molecule has 1 N–H and O–H groups in total. The molecule has 0 atom stereocenters. The fourth-order valence-corrected chi connectivity index (χ4v) is 3.26. The Morgan fingerprint density at radius 1 is 1.10 bits per heavy atom. The number of aromatic nitrogens is 4. The minimum Gasteiger partial charge on any atom is -0.455 e. The van der Waals surface area contributed by atoms with E-state index in [-0.39, 0.29) is 12.4 Å². The maximum atomic E-state index is 12.0. The van der Waals surface area contributed by atoms with E-state index in [0.29, 0.717) is 10.8 Å². The van der Waals surface area contributed by atoms with Gasteiger partial charge < -0.3 is 10.1 Å². The zero-order valence-corrected chi connectivity index (χ0v) is 17.2. The lowest BCUT2D eigenvalue weighted by Gasteiger charge is -2.09. The highest BCUT2D eigenvalue weighted by molar-refractivity contribution is 7.99. The predicted molar refractivity (Wildman–Crippen MR) is 110 cm³/mol. The highest BCUT2D eigenvalue weighted by Crippen LogP contribution is 2.21. The number of amides is 1. The van der Waals surface area contributed by atoms with Gasteiger partial charge in [-0.05, 0) is 60.0 Å². The molecule has 1 heterocycles. The van der Waals surface area contributed by atoms with Crippen LogP contribution in [0.1, 0.15) is 16.7 Å². The summed E-state index contributed by atoms with van der Waals surface area (Å²) < 4.78 is 6.64. The van der Waals surface area contributed by atoms with Crippen molar-refractivity contribution >= 4 is 29.3 Å². The minimum absolute atomic E-state index is 0.0110. The highest BCUT2D eigenvalue weighted by Gasteiger charge is 2.15. The first-order chi connectivity index (χ1) is 13.9. The van der Waals surface area contributed by atoms with Crippen molar-refractivity contribution < 1.29 is 14.3 Å². The maximum absolute atomic E-state index is 12.0. The van der Waals surface area contributed by atoms with Crippen LogP contribution in [-0.2, 0) is 14.3 Å². The van der Waals surface area contributed by atoms with Crippen molar-refractivity contribution in [2.24, 2.45) is 0 Å². The number of carbonyl (C=O) groups is 2. The molecule has 0 bridgehead atoms. The van der Waals surface area contributed by atoms with Crippen LogP contribution in [0.5, 0.6) is 0 Å². The monoisotopic (exact) mass is 411 g/mol. The normalized spacial score (nSPS) is 10.6. The number of anilines is 1. The number of aryl methyl sites for hydroxylation is 3. The molecule has 3 rings (SSSR count). The molecule has 150 valence electrons. The van der Waals surface area contributed by atoms with Gasteiger partial charge in [0.25, 0.3) is 5.91 Å². The van der Waals surface area contributed by atoms with Gasteiger partial charge in [-0.3, -0.25) is 9.59 Å². The first-order valence-corrected chi connectivity index (χ1v) is 9.92. The molecule has 0 fully saturated rings. The van der Waals surface area contributed by atoms with Crippen LogP contribution < -0.4 is 5.32 Å². The van der Waals surface area contributed by atoms with Crippen molar-refractivity contribution in [3.05, 3.63) is 59.2 Å². The van der Waals surface area contributed by atoms with Crippen molar-refractivity contribution in [1.82, 2.24) is 20.2 Å². The van der Waals surface area contributed by atoms with E-state index < -0.39 is 11.9 Å². The molecule has 0 aliphatic heterocycles. The quantitative estimate of drug-likeness (QED) is 0.471. The summed E-state index contributed by atoms with van der Waals surface area (Å²) in [7, 11) is 0. The lowest BCUT2D eigenvalue weighted by molar-refractivity contribution is -0.144. The highest BCUT2D eigenvalue weighted by atomic mass is 32.2. The van der Waals surface area contributed by atoms with E-state index in [1.54, 1.807) is 10.7 Å². The Morgan fingerprint density at radius 2 is 1.90 bits per heavy atom. The first-order valence-electron chi connectivity index (χ1n) is 8.94. The van der Waals surface area contributed by atoms with Crippen LogP contribution in [0.3, 0.4) is 0 Å². The number of hydrogen-bond acceptors (Lipinski definition) is 7. The van der Waals surface area contributed by atoms with E-state index in [1.807, 2.05) is 57.2 Å². The molecule has 29 heavy (non-hydrogen) atoms. The largest absolute Gasteiger partial charge is 0.455 e. The van der Waals surface area contributed by atoms with Crippen molar-refractivity contribution in [2.75, 3.05) is 17.7 Å². The molecule has 1 aromatic heterocycles. The van der Waals surface area contributed by atoms with Gasteiger partial charge in [-0.2, -0.15) is 4.68 Å². The van der Waals surface area contributed by atoms with Crippen LogP contribution in [0.15, 0.2) is 47.6 Å². The zero-order chi connectivity index (χ0) is 20.8. The number of tetrazole rings is 1. The zero-order valence-electron chi connectivity index (χ0n) is 16.4. The van der Waals surface area contributed by atoms with Crippen LogP contribution in [0.4, 0.5) is 5.69 Å². The maximum Gasteiger partial charge on any atom is 0.316 e. The summed E-state index contributed by atoms with van der Waals surface area (Å²) in [5.74, 6) is -0.925. The third-order valence-electron chi connectivity index (χ3n) is 4.14. The van der Waals surface area contributed by atoms with Crippen molar-refractivity contribution in [1.29, 1.82) is 0 Å². The van der Waals surface area contributed by atoms with Gasteiger partial charge in [0, 0.05) is 5.69 Å². The Morgan fingerprint density at radius 3 is 2.69 bits per heavy atom. The van der Waals surface area contributed by atoms with Crippen molar-refractivity contribution in [3.8, 4) is 5.69 Å². The molecule has 0 saturated carbocycles. The fraction of sp³-hybridized carbons (Fsp3) is 0.250. The Balaban J connectivity index is 1.53. The predicted octanol–water partition coefficient (Wildman–Crippen LogP) is 2.86. The molecule has 0 radical (unpaired) electrons. The van der Waals surface area contributed by atoms with Gasteiger partial charge in [0.2, 0.25) is 5.16 Å². The molecule has 0 saturated heterocycles. The van der Waals surface area contributed by atoms with E-state index in [4.69, 9.17) is 4.74 Å². The smallest absolute Gasteiger partial charge is 0.316 e. The van der Waals surface area contributed by atoms with Crippen molar-refractivity contribution in [2.45, 2.75) is 25.9 Å². The molecule has 0 aliphatic rings. The van der Waals surface area contributed by atoms with Gasteiger partial charge in [0.1, 0.15) is 0 Å². The topological polar surface area (TPSA) is 99.0 Å². The number of rotatable bonds is 7. The second kappa shape index (κ2) is 9.33. The molecular formula is C20H21N5O3S. The van der Waals surface area contributed by atoms with Gasteiger partial charge in [-0.15, -0.1) is 5.10 Å². The standard InChI is InChI=1S/C20H21N5O3S/c1-13-8-9-15(3)17(10-13)25-20(22-23-24-25)29-12-19(27)28-11-18(26)21-16-7-5-4-6-14(16)2/h4-10H,11-12H2,1-3H3,(H,21,26). The summed E-state index contributed by atoms with van der Waals surface area (Å²) in [5.41, 5.74) is 4.57. The number of benzene rings is 2. The summed E-state index contributed by atoms with van der Waals surface area (Å²) in [6.07, 6.45) is 0. The Bertz CT molecular complexity index is 1030. The van der Waals surface area contributed by atoms with E-state index in [9.17, 15) is 9.59 Å². The third kappa shape index (κ3) is 5.41. The summed E-state index contributed by atoms with van der Waals surface area (Å²) >= 11 is 1.15. The molecule has 0 aliphatic carbocycles. The Kier molecular flexibility index (Phi) is 6.61. The van der Waals surface area contributed by atoms with Gasteiger partial charge in [-0.1, -0.05) is 42.1 Å². The van der Waals surface area contributed by atoms with Crippen LogP contribution in [0.2, 0.25) is 0 Å².